The first kappa shape index (κ1) is 26.2. The second kappa shape index (κ2) is 11.9. The molecular weight excluding hydrogens is 492 g/mol. The zero-order chi connectivity index (χ0) is 25.7. The van der Waals surface area contributed by atoms with E-state index in [9.17, 15) is 9.59 Å². The van der Waals surface area contributed by atoms with Crippen LogP contribution in [0.5, 0.6) is 5.75 Å². The average Bonchev–Trinajstić information content (AvgIpc) is 3.36. The SMILES string of the molecule is CCCN(CC(=O)N1CCc2sccc2C1COc1ccc(C(C)C)cc1)C(=O)c1cccc(Cl)c1. The van der Waals surface area contributed by atoms with Crippen molar-refractivity contribution in [3.05, 3.63) is 86.6 Å². The van der Waals surface area contributed by atoms with Gasteiger partial charge in [-0.3, -0.25) is 9.59 Å². The maximum absolute atomic E-state index is 13.6. The van der Waals surface area contributed by atoms with Gasteiger partial charge < -0.3 is 14.5 Å². The van der Waals surface area contributed by atoms with Crippen LogP contribution < -0.4 is 4.74 Å². The van der Waals surface area contributed by atoms with Crippen molar-refractivity contribution in [3.8, 4) is 5.75 Å². The lowest BCUT2D eigenvalue weighted by atomic mass is 10.00. The highest BCUT2D eigenvalue weighted by Crippen LogP contribution is 2.34. The van der Waals surface area contributed by atoms with Crippen LogP contribution in [0, 0.1) is 0 Å². The first-order valence-corrected chi connectivity index (χ1v) is 13.8. The van der Waals surface area contributed by atoms with E-state index in [0.717, 1.165) is 24.2 Å². The molecule has 3 aromatic rings. The molecule has 1 aliphatic heterocycles. The number of fused-ring (bicyclic) bond motifs is 1. The second-order valence-corrected chi connectivity index (χ2v) is 10.9. The molecule has 7 heteroatoms. The van der Waals surface area contributed by atoms with Crippen LogP contribution in [0.2, 0.25) is 5.02 Å². The fourth-order valence-corrected chi connectivity index (χ4v) is 5.70. The molecular formula is C29H33ClN2O3S. The molecule has 0 radical (unpaired) electrons. The van der Waals surface area contributed by atoms with Gasteiger partial charge in [-0.05, 0) is 71.7 Å². The van der Waals surface area contributed by atoms with Crippen molar-refractivity contribution >= 4 is 34.8 Å². The minimum absolute atomic E-state index is 0.0260. The topological polar surface area (TPSA) is 49.9 Å². The molecule has 190 valence electrons. The van der Waals surface area contributed by atoms with Gasteiger partial charge in [0, 0.05) is 28.6 Å². The molecule has 0 fully saturated rings. The standard InChI is InChI=1S/C29H33ClN2O3S/c1-4-14-31(29(34)22-6-5-7-23(30)17-22)18-28(33)32-15-12-27-25(13-16-36-27)26(32)19-35-24-10-8-21(9-11-24)20(2)3/h5-11,13,16-17,20,26H,4,12,14-15,18-19H2,1-3H3. The number of ether oxygens (including phenoxy) is 1. The third kappa shape index (κ3) is 6.11. The highest BCUT2D eigenvalue weighted by molar-refractivity contribution is 7.10. The lowest BCUT2D eigenvalue weighted by Gasteiger charge is -2.37. The molecule has 4 rings (SSSR count). The summed E-state index contributed by atoms with van der Waals surface area (Å²) in [7, 11) is 0. The first-order valence-electron chi connectivity index (χ1n) is 12.5. The number of benzene rings is 2. The smallest absolute Gasteiger partial charge is 0.254 e. The molecule has 0 spiro atoms. The number of thiophene rings is 1. The van der Waals surface area contributed by atoms with Crippen LogP contribution in [0.15, 0.2) is 60.0 Å². The fourth-order valence-electron chi connectivity index (χ4n) is 4.58. The van der Waals surface area contributed by atoms with Crippen molar-refractivity contribution in [2.24, 2.45) is 0 Å². The Morgan fingerprint density at radius 2 is 1.94 bits per heavy atom. The van der Waals surface area contributed by atoms with E-state index in [4.69, 9.17) is 16.3 Å². The van der Waals surface area contributed by atoms with Crippen LogP contribution in [-0.2, 0) is 11.2 Å². The molecule has 5 nitrogen and oxygen atoms in total. The number of hydrogen-bond donors (Lipinski definition) is 0. The molecule has 0 aliphatic carbocycles. The predicted molar refractivity (Wildman–Crippen MR) is 146 cm³/mol. The van der Waals surface area contributed by atoms with Crippen LogP contribution in [0.4, 0.5) is 0 Å². The number of hydrogen-bond acceptors (Lipinski definition) is 4. The van der Waals surface area contributed by atoms with Gasteiger partial charge in [0.15, 0.2) is 0 Å². The lowest BCUT2D eigenvalue weighted by molar-refractivity contribution is -0.135. The molecule has 1 atom stereocenters. The predicted octanol–water partition coefficient (Wildman–Crippen LogP) is 6.58. The Kier molecular flexibility index (Phi) is 8.70. The zero-order valence-corrected chi connectivity index (χ0v) is 22.6. The molecule has 2 heterocycles. The largest absolute Gasteiger partial charge is 0.491 e. The summed E-state index contributed by atoms with van der Waals surface area (Å²) in [5, 5.41) is 2.58. The third-order valence-electron chi connectivity index (χ3n) is 6.55. The number of amides is 2. The van der Waals surface area contributed by atoms with Gasteiger partial charge in [-0.15, -0.1) is 11.3 Å². The van der Waals surface area contributed by atoms with Crippen LogP contribution in [0.3, 0.4) is 0 Å². The fraction of sp³-hybridized carbons (Fsp3) is 0.379. The summed E-state index contributed by atoms with van der Waals surface area (Å²) in [6.07, 6.45) is 1.57. The van der Waals surface area contributed by atoms with Gasteiger partial charge in [-0.2, -0.15) is 0 Å². The molecule has 2 amide bonds. The maximum atomic E-state index is 13.6. The Morgan fingerprint density at radius 3 is 2.64 bits per heavy atom. The quantitative estimate of drug-likeness (QED) is 0.317. The summed E-state index contributed by atoms with van der Waals surface area (Å²) in [6, 6.07) is 16.9. The Bertz CT molecular complexity index is 1190. The van der Waals surface area contributed by atoms with E-state index in [2.05, 4.69) is 37.4 Å². The molecule has 0 bridgehead atoms. The second-order valence-electron chi connectivity index (χ2n) is 9.42. The van der Waals surface area contributed by atoms with E-state index in [-0.39, 0.29) is 24.4 Å². The van der Waals surface area contributed by atoms with Gasteiger partial charge in [0.1, 0.15) is 18.9 Å². The molecule has 0 saturated carbocycles. The van der Waals surface area contributed by atoms with Crippen molar-refractivity contribution in [2.75, 3.05) is 26.2 Å². The summed E-state index contributed by atoms with van der Waals surface area (Å²) >= 11 is 7.83. The van der Waals surface area contributed by atoms with Crippen LogP contribution in [-0.4, -0.2) is 47.9 Å². The molecule has 0 saturated heterocycles. The summed E-state index contributed by atoms with van der Waals surface area (Å²) in [6.45, 7) is 7.83. The number of rotatable bonds is 9. The highest BCUT2D eigenvalue weighted by Gasteiger charge is 2.33. The van der Waals surface area contributed by atoms with E-state index in [0.29, 0.717) is 36.2 Å². The number of halogens is 1. The summed E-state index contributed by atoms with van der Waals surface area (Å²) in [5.41, 5.74) is 2.89. The van der Waals surface area contributed by atoms with Gasteiger partial charge in [-0.25, -0.2) is 0 Å². The van der Waals surface area contributed by atoms with Crippen molar-refractivity contribution in [1.82, 2.24) is 9.80 Å². The van der Waals surface area contributed by atoms with Crippen molar-refractivity contribution in [1.29, 1.82) is 0 Å². The molecule has 36 heavy (non-hydrogen) atoms. The van der Waals surface area contributed by atoms with Gasteiger partial charge >= 0.3 is 0 Å². The number of carbonyl (C=O) groups is 2. The average molecular weight is 525 g/mol. The first-order chi connectivity index (χ1) is 17.4. The maximum Gasteiger partial charge on any atom is 0.254 e. The van der Waals surface area contributed by atoms with Gasteiger partial charge in [0.05, 0.1) is 6.04 Å². The Balaban J connectivity index is 1.50. The van der Waals surface area contributed by atoms with Crippen LogP contribution >= 0.6 is 22.9 Å². The molecule has 1 aromatic heterocycles. The lowest BCUT2D eigenvalue weighted by Crippen LogP contribution is -2.48. The van der Waals surface area contributed by atoms with Gasteiger partial charge in [-0.1, -0.05) is 50.6 Å². The summed E-state index contributed by atoms with van der Waals surface area (Å²) in [5.74, 6) is 0.996. The Hall–Kier alpha value is -2.83. The summed E-state index contributed by atoms with van der Waals surface area (Å²) in [4.78, 5) is 31.6. The molecule has 1 unspecified atom stereocenters. The Morgan fingerprint density at radius 1 is 1.17 bits per heavy atom. The van der Waals surface area contributed by atoms with Crippen molar-refractivity contribution in [2.45, 2.75) is 45.6 Å². The third-order valence-corrected chi connectivity index (χ3v) is 7.78. The van der Waals surface area contributed by atoms with E-state index in [1.165, 1.54) is 10.4 Å². The molecule has 2 aromatic carbocycles. The monoisotopic (exact) mass is 524 g/mol. The number of carbonyl (C=O) groups excluding carboxylic acids is 2. The molecule has 1 aliphatic rings. The minimum Gasteiger partial charge on any atom is -0.491 e. The zero-order valence-electron chi connectivity index (χ0n) is 21.1. The normalized spacial score (nSPS) is 15.0. The summed E-state index contributed by atoms with van der Waals surface area (Å²) < 4.78 is 6.18. The van der Waals surface area contributed by atoms with Crippen molar-refractivity contribution < 1.29 is 14.3 Å². The Labute approximate surface area is 222 Å². The van der Waals surface area contributed by atoms with Gasteiger partial charge in [0.25, 0.3) is 5.91 Å². The van der Waals surface area contributed by atoms with Gasteiger partial charge in [0.2, 0.25) is 5.91 Å². The van der Waals surface area contributed by atoms with E-state index < -0.39 is 0 Å². The van der Waals surface area contributed by atoms with E-state index >= 15 is 0 Å². The highest BCUT2D eigenvalue weighted by atomic mass is 35.5. The van der Waals surface area contributed by atoms with Crippen LogP contribution in [0.25, 0.3) is 0 Å². The minimum atomic E-state index is -0.193. The van der Waals surface area contributed by atoms with E-state index in [1.54, 1.807) is 40.5 Å². The van der Waals surface area contributed by atoms with E-state index in [1.807, 2.05) is 24.0 Å². The number of nitrogens with zero attached hydrogens (tertiary/aromatic N) is 2. The molecule has 0 N–H and O–H groups in total. The van der Waals surface area contributed by atoms with Crippen LogP contribution in [0.1, 0.15) is 65.5 Å². The van der Waals surface area contributed by atoms with Crippen molar-refractivity contribution in [3.63, 3.8) is 0 Å².